The van der Waals surface area contributed by atoms with Crippen LogP contribution in [0.1, 0.15) is 12.0 Å². The van der Waals surface area contributed by atoms with Gasteiger partial charge in [-0.05, 0) is 36.7 Å². The van der Waals surface area contributed by atoms with E-state index in [0.29, 0.717) is 0 Å². The third-order valence-electron chi connectivity index (χ3n) is 3.61. The van der Waals surface area contributed by atoms with E-state index in [1.54, 1.807) is 7.11 Å². The molecule has 1 aliphatic rings. The van der Waals surface area contributed by atoms with E-state index in [1.807, 2.05) is 6.07 Å². The Balaban J connectivity index is 2.18. The Morgan fingerprint density at radius 2 is 2.22 bits per heavy atom. The summed E-state index contributed by atoms with van der Waals surface area (Å²) in [6.45, 7) is 2.03. The smallest absolute Gasteiger partial charge is 0.119 e. The van der Waals surface area contributed by atoms with Crippen molar-refractivity contribution in [2.45, 2.75) is 6.42 Å². The van der Waals surface area contributed by atoms with Crippen LogP contribution in [-0.2, 0) is 7.05 Å². The molecule has 0 saturated heterocycles. The standard InChI is InChI=1S/C15H18N2O/c1-17-10-14(11-5-7-16-8-6-11)13-9-12(18-2)3-4-15(13)17/h3-5,9-10,16H,6-8H2,1-2H3. The number of methoxy groups -OCH3 is 1. The summed E-state index contributed by atoms with van der Waals surface area (Å²) in [7, 11) is 3.81. The van der Waals surface area contributed by atoms with Gasteiger partial charge in [0, 0.05) is 36.3 Å². The quantitative estimate of drug-likeness (QED) is 0.876. The van der Waals surface area contributed by atoms with Crippen LogP contribution in [0.4, 0.5) is 0 Å². The molecule has 3 nitrogen and oxygen atoms in total. The normalized spacial score (nSPS) is 15.8. The molecule has 0 spiro atoms. The Hall–Kier alpha value is -1.74. The van der Waals surface area contributed by atoms with Crippen LogP contribution in [0.3, 0.4) is 0 Å². The van der Waals surface area contributed by atoms with Crippen LogP contribution in [-0.4, -0.2) is 24.8 Å². The fraction of sp³-hybridized carbons (Fsp3) is 0.333. The minimum Gasteiger partial charge on any atom is -0.497 e. The molecule has 18 heavy (non-hydrogen) atoms. The Morgan fingerprint density at radius 1 is 1.33 bits per heavy atom. The Morgan fingerprint density at radius 3 is 2.94 bits per heavy atom. The van der Waals surface area contributed by atoms with Crippen molar-refractivity contribution in [3.8, 4) is 5.75 Å². The van der Waals surface area contributed by atoms with Gasteiger partial charge in [0.25, 0.3) is 0 Å². The Labute approximate surface area is 107 Å². The number of hydrogen-bond acceptors (Lipinski definition) is 2. The van der Waals surface area contributed by atoms with Gasteiger partial charge in [-0.3, -0.25) is 0 Å². The third-order valence-corrected chi connectivity index (χ3v) is 3.61. The number of ether oxygens (including phenoxy) is 1. The second-order valence-electron chi connectivity index (χ2n) is 4.72. The minimum absolute atomic E-state index is 0.921. The summed E-state index contributed by atoms with van der Waals surface area (Å²) in [4.78, 5) is 0. The maximum absolute atomic E-state index is 5.33. The van der Waals surface area contributed by atoms with E-state index in [9.17, 15) is 0 Å². The van der Waals surface area contributed by atoms with E-state index < -0.39 is 0 Å². The number of aromatic nitrogens is 1. The molecule has 3 heteroatoms. The summed E-state index contributed by atoms with van der Waals surface area (Å²) < 4.78 is 7.52. The van der Waals surface area contributed by atoms with E-state index in [-0.39, 0.29) is 0 Å². The number of benzene rings is 1. The lowest BCUT2D eigenvalue weighted by atomic mass is 10.00. The predicted octanol–water partition coefficient (Wildman–Crippen LogP) is 2.56. The first-order valence-corrected chi connectivity index (χ1v) is 6.33. The van der Waals surface area contributed by atoms with Crippen molar-refractivity contribution in [3.05, 3.63) is 36.0 Å². The SMILES string of the molecule is COc1ccc2c(c1)c(C1=CCNCC1)cn2C. The van der Waals surface area contributed by atoms with Crippen LogP contribution < -0.4 is 10.1 Å². The highest BCUT2D eigenvalue weighted by atomic mass is 16.5. The van der Waals surface area contributed by atoms with Gasteiger partial charge in [-0.25, -0.2) is 0 Å². The molecule has 0 radical (unpaired) electrons. The summed E-state index contributed by atoms with van der Waals surface area (Å²) >= 11 is 0. The molecule has 2 aromatic rings. The lowest BCUT2D eigenvalue weighted by Crippen LogP contribution is -2.19. The summed E-state index contributed by atoms with van der Waals surface area (Å²) in [5.74, 6) is 0.921. The average molecular weight is 242 g/mol. The van der Waals surface area contributed by atoms with E-state index in [1.165, 1.54) is 22.0 Å². The number of rotatable bonds is 2. The molecule has 0 unspecified atom stereocenters. The maximum Gasteiger partial charge on any atom is 0.119 e. The van der Waals surface area contributed by atoms with Crippen molar-refractivity contribution < 1.29 is 4.74 Å². The third kappa shape index (κ3) is 1.81. The number of nitrogens with zero attached hydrogens (tertiary/aromatic N) is 1. The fourth-order valence-corrected chi connectivity index (χ4v) is 2.62. The van der Waals surface area contributed by atoms with Crippen molar-refractivity contribution in [1.82, 2.24) is 9.88 Å². The molecule has 94 valence electrons. The largest absolute Gasteiger partial charge is 0.497 e. The van der Waals surface area contributed by atoms with Gasteiger partial charge in [0.15, 0.2) is 0 Å². The summed E-state index contributed by atoms with van der Waals surface area (Å²) in [5, 5.41) is 4.64. The minimum atomic E-state index is 0.921. The molecule has 0 amide bonds. The molecule has 1 N–H and O–H groups in total. The molecule has 0 bridgehead atoms. The molecule has 1 aromatic carbocycles. The average Bonchev–Trinajstić information content (AvgIpc) is 2.76. The number of nitrogens with one attached hydrogen (secondary N) is 1. The topological polar surface area (TPSA) is 26.2 Å². The van der Waals surface area contributed by atoms with Gasteiger partial charge >= 0.3 is 0 Å². The fourth-order valence-electron chi connectivity index (χ4n) is 2.62. The maximum atomic E-state index is 5.33. The number of aryl methyl sites for hydroxylation is 1. The van der Waals surface area contributed by atoms with Crippen molar-refractivity contribution in [2.24, 2.45) is 7.05 Å². The van der Waals surface area contributed by atoms with Gasteiger partial charge in [-0.15, -0.1) is 0 Å². The number of hydrogen-bond donors (Lipinski definition) is 1. The summed E-state index contributed by atoms with van der Waals surface area (Å²) in [6, 6.07) is 6.27. The second kappa shape index (κ2) is 4.50. The van der Waals surface area contributed by atoms with Crippen LogP contribution in [0.15, 0.2) is 30.5 Å². The zero-order chi connectivity index (χ0) is 12.5. The first kappa shape index (κ1) is 11.4. The molecule has 1 aromatic heterocycles. The van der Waals surface area contributed by atoms with Gasteiger partial charge in [0.05, 0.1) is 7.11 Å². The summed E-state index contributed by atoms with van der Waals surface area (Å²) in [5.41, 5.74) is 4.03. The van der Waals surface area contributed by atoms with Gasteiger partial charge in [0.2, 0.25) is 0 Å². The van der Waals surface area contributed by atoms with Crippen molar-refractivity contribution >= 4 is 16.5 Å². The first-order valence-electron chi connectivity index (χ1n) is 6.33. The number of fused-ring (bicyclic) bond motifs is 1. The van der Waals surface area contributed by atoms with E-state index in [0.717, 1.165) is 25.3 Å². The van der Waals surface area contributed by atoms with Crippen LogP contribution in [0.2, 0.25) is 0 Å². The van der Waals surface area contributed by atoms with E-state index in [2.05, 4.69) is 41.3 Å². The summed E-state index contributed by atoms with van der Waals surface area (Å²) in [6.07, 6.45) is 5.61. The molecule has 2 heterocycles. The monoisotopic (exact) mass is 242 g/mol. The first-order chi connectivity index (χ1) is 8.79. The zero-order valence-corrected chi connectivity index (χ0v) is 10.9. The zero-order valence-electron chi connectivity index (χ0n) is 10.9. The highest BCUT2D eigenvalue weighted by molar-refractivity contribution is 5.94. The second-order valence-corrected chi connectivity index (χ2v) is 4.72. The van der Waals surface area contributed by atoms with E-state index >= 15 is 0 Å². The van der Waals surface area contributed by atoms with Crippen molar-refractivity contribution in [2.75, 3.05) is 20.2 Å². The highest BCUT2D eigenvalue weighted by Crippen LogP contribution is 2.31. The highest BCUT2D eigenvalue weighted by Gasteiger charge is 2.13. The van der Waals surface area contributed by atoms with Crippen LogP contribution in [0.5, 0.6) is 5.75 Å². The van der Waals surface area contributed by atoms with Gasteiger partial charge in [0.1, 0.15) is 5.75 Å². The Kier molecular flexibility index (Phi) is 2.84. The van der Waals surface area contributed by atoms with Crippen LogP contribution in [0, 0.1) is 0 Å². The molecular formula is C15H18N2O. The molecule has 3 rings (SSSR count). The molecular weight excluding hydrogens is 224 g/mol. The van der Waals surface area contributed by atoms with Crippen molar-refractivity contribution in [3.63, 3.8) is 0 Å². The molecule has 0 atom stereocenters. The predicted molar refractivity (Wildman–Crippen MR) is 74.9 cm³/mol. The van der Waals surface area contributed by atoms with Gasteiger partial charge in [-0.2, -0.15) is 0 Å². The molecule has 1 aliphatic heterocycles. The van der Waals surface area contributed by atoms with Crippen molar-refractivity contribution in [1.29, 1.82) is 0 Å². The van der Waals surface area contributed by atoms with Gasteiger partial charge in [-0.1, -0.05) is 6.08 Å². The molecule has 0 aliphatic carbocycles. The lowest BCUT2D eigenvalue weighted by Gasteiger charge is -2.13. The van der Waals surface area contributed by atoms with Crippen LogP contribution >= 0.6 is 0 Å². The van der Waals surface area contributed by atoms with E-state index in [4.69, 9.17) is 4.74 Å². The van der Waals surface area contributed by atoms with Gasteiger partial charge < -0.3 is 14.6 Å². The molecule has 0 fully saturated rings. The lowest BCUT2D eigenvalue weighted by molar-refractivity contribution is 0.415. The van der Waals surface area contributed by atoms with Crippen LogP contribution in [0.25, 0.3) is 16.5 Å². The molecule has 0 saturated carbocycles. The Bertz CT molecular complexity index is 610.